The maximum absolute atomic E-state index is 12.1. The Labute approximate surface area is 142 Å². The SMILES string of the molecule is CC(C)(C)OC(=O)N1CCC(Oc2ccc3c(c2)B(O)OC3)CC1. The average Bonchev–Trinajstić information content (AvgIpc) is 2.87. The number of nitrogens with zero attached hydrogens (tertiary/aromatic N) is 1. The summed E-state index contributed by atoms with van der Waals surface area (Å²) in [5, 5.41) is 9.76. The maximum atomic E-state index is 12.1. The lowest BCUT2D eigenvalue weighted by atomic mass is 9.79. The highest BCUT2D eigenvalue weighted by atomic mass is 16.6. The van der Waals surface area contributed by atoms with Gasteiger partial charge in [0.2, 0.25) is 0 Å². The van der Waals surface area contributed by atoms with Gasteiger partial charge in [-0.3, -0.25) is 0 Å². The number of fused-ring (bicyclic) bond motifs is 1. The minimum absolute atomic E-state index is 0.0567. The molecular formula is C17H24BNO5. The zero-order valence-electron chi connectivity index (χ0n) is 14.4. The van der Waals surface area contributed by atoms with Crippen LogP contribution in [0.4, 0.5) is 4.79 Å². The van der Waals surface area contributed by atoms with Gasteiger partial charge in [-0.25, -0.2) is 4.79 Å². The standard InChI is InChI=1S/C17H24BNO5/c1-17(2,3)24-16(20)19-8-6-13(7-9-19)23-14-5-4-12-11-22-18(21)15(12)10-14/h4-5,10,13,21H,6-9,11H2,1-3H3. The molecule has 1 saturated heterocycles. The summed E-state index contributed by atoms with van der Waals surface area (Å²) in [7, 11) is -0.863. The van der Waals surface area contributed by atoms with Crippen LogP contribution in [0.2, 0.25) is 0 Å². The second-order valence-corrected chi connectivity index (χ2v) is 7.31. The Morgan fingerprint density at radius 1 is 1.33 bits per heavy atom. The fourth-order valence-corrected chi connectivity index (χ4v) is 2.94. The third-order valence-corrected chi connectivity index (χ3v) is 4.18. The Bertz CT molecular complexity index is 607. The first-order valence-electron chi connectivity index (χ1n) is 8.39. The topological polar surface area (TPSA) is 68.2 Å². The molecule has 0 atom stereocenters. The van der Waals surface area contributed by atoms with Gasteiger partial charge in [0.25, 0.3) is 0 Å². The maximum Gasteiger partial charge on any atom is 0.491 e. The van der Waals surface area contributed by atoms with Crippen molar-refractivity contribution < 1.29 is 23.9 Å². The van der Waals surface area contributed by atoms with E-state index >= 15 is 0 Å². The van der Waals surface area contributed by atoms with Crippen LogP contribution in [0.15, 0.2) is 18.2 Å². The van der Waals surface area contributed by atoms with Crippen molar-refractivity contribution in [2.45, 2.75) is 51.9 Å². The molecule has 2 aliphatic heterocycles. The summed E-state index contributed by atoms with van der Waals surface area (Å²) in [4.78, 5) is 13.8. The van der Waals surface area contributed by atoms with Gasteiger partial charge in [0.15, 0.2) is 0 Å². The number of piperidine rings is 1. The Morgan fingerprint density at radius 3 is 2.71 bits per heavy atom. The van der Waals surface area contributed by atoms with Gasteiger partial charge < -0.3 is 24.1 Å². The van der Waals surface area contributed by atoms with E-state index < -0.39 is 12.7 Å². The van der Waals surface area contributed by atoms with Crippen LogP contribution in [0.25, 0.3) is 0 Å². The lowest BCUT2D eigenvalue weighted by Gasteiger charge is -2.33. The summed E-state index contributed by atoms with van der Waals surface area (Å²) < 4.78 is 16.6. The van der Waals surface area contributed by atoms with Crippen LogP contribution in [0, 0.1) is 0 Å². The van der Waals surface area contributed by atoms with E-state index in [-0.39, 0.29) is 12.2 Å². The van der Waals surface area contributed by atoms with Crippen LogP contribution in [0.3, 0.4) is 0 Å². The molecule has 0 radical (unpaired) electrons. The minimum atomic E-state index is -0.863. The highest BCUT2D eigenvalue weighted by Gasteiger charge is 2.30. The van der Waals surface area contributed by atoms with Crippen molar-refractivity contribution >= 4 is 18.7 Å². The van der Waals surface area contributed by atoms with E-state index in [0.717, 1.165) is 29.6 Å². The van der Waals surface area contributed by atoms with Crippen molar-refractivity contribution in [3.63, 3.8) is 0 Å². The molecule has 0 unspecified atom stereocenters. The van der Waals surface area contributed by atoms with Crippen molar-refractivity contribution in [3.05, 3.63) is 23.8 Å². The van der Waals surface area contributed by atoms with Crippen LogP contribution in [-0.4, -0.2) is 47.9 Å². The zero-order valence-corrected chi connectivity index (χ0v) is 14.4. The van der Waals surface area contributed by atoms with Crippen molar-refractivity contribution in [2.75, 3.05) is 13.1 Å². The highest BCUT2D eigenvalue weighted by Crippen LogP contribution is 2.22. The Kier molecular flexibility index (Phi) is 4.74. The third-order valence-electron chi connectivity index (χ3n) is 4.18. The Morgan fingerprint density at radius 2 is 2.04 bits per heavy atom. The Balaban J connectivity index is 1.53. The second-order valence-electron chi connectivity index (χ2n) is 7.31. The normalized spacial score (nSPS) is 18.5. The highest BCUT2D eigenvalue weighted by molar-refractivity contribution is 6.61. The molecule has 1 fully saturated rings. The van der Waals surface area contributed by atoms with Crippen molar-refractivity contribution in [1.29, 1.82) is 0 Å². The first kappa shape index (κ1) is 17.1. The summed E-state index contributed by atoms with van der Waals surface area (Å²) in [5.41, 5.74) is 1.30. The summed E-state index contributed by atoms with van der Waals surface area (Å²) in [6.45, 7) is 7.28. The van der Waals surface area contributed by atoms with Crippen LogP contribution in [0.5, 0.6) is 5.75 Å². The Hall–Kier alpha value is -1.73. The lowest BCUT2D eigenvalue weighted by molar-refractivity contribution is 0.0126. The minimum Gasteiger partial charge on any atom is -0.490 e. The van der Waals surface area contributed by atoms with Gasteiger partial charge in [-0.2, -0.15) is 0 Å². The summed E-state index contributed by atoms with van der Waals surface area (Å²) in [6.07, 6.45) is 1.31. The number of amides is 1. The molecule has 1 aromatic carbocycles. The molecule has 1 aromatic rings. The van der Waals surface area contributed by atoms with Gasteiger partial charge in [-0.05, 0) is 43.9 Å². The van der Waals surface area contributed by atoms with Gasteiger partial charge in [-0.15, -0.1) is 0 Å². The molecule has 2 heterocycles. The summed E-state index contributed by atoms with van der Waals surface area (Å²) in [5.74, 6) is 0.731. The number of likely N-dealkylation sites (tertiary alicyclic amines) is 1. The smallest absolute Gasteiger partial charge is 0.490 e. The van der Waals surface area contributed by atoms with E-state index in [1.165, 1.54) is 0 Å². The number of ether oxygens (including phenoxy) is 2. The van der Waals surface area contributed by atoms with Gasteiger partial charge in [0.05, 0.1) is 6.61 Å². The monoisotopic (exact) mass is 333 g/mol. The van der Waals surface area contributed by atoms with Crippen molar-refractivity contribution in [1.82, 2.24) is 4.90 Å². The van der Waals surface area contributed by atoms with Crippen LogP contribution in [-0.2, 0) is 16.0 Å². The quantitative estimate of drug-likeness (QED) is 0.834. The van der Waals surface area contributed by atoms with E-state index in [9.17, 15) is 9.82 Å². The molecule has 0 aromatic heterocycles. The predicted octanol–water partition coefficient (Wildman–Crippen LogP) is 1.68. The molecule has 2 aliphatic rings. The average molecular weight is 333 g/mol. The first-order chi connectivity index (χ1) is 11.3. The van der Waals surface area contributed by atoms with Gasteiger partial charge in [-0.1, -0.05) is 6.07 Å². The number of rotatable bonds is 2. The largest absolute Gasteiger partial charge is 0.491 e. The summed E-state index contributed by atoms with van der Waals surface area (Å²) >= 11 is 0. The molecule has 130 valence electrons. The number of carbonyl (C=O) groups excluding carboxylic acids is 1. The molecule has 0 bridgehead atoms. The van der Waals surface area contributed by atoms with Crippen LogP contribution >= 0.6 is 0 Å². The number of benzene rings is 1. The van der Waals surface area contributed by atoms with Gasteiger partial charge in [0.1, 0.15) is 17.5 Å². The molecule has 0 spiro atoms. The summed E-state index contributed by atoms with van der Waals surface area (Å²) in [6, 6.07) is 5.67. The first-order valence-corrected chi connectivity index (χ1v) is 8.39. The van der Waals surface area contributed by atoms with Gasteiger partial charge in [0, 0.05) is 25.9 Å². The molecule has 24 heavy (non-hydrogen) atoms. The third kappa shape index (κ3) is 4.02. The van der Waals surface area contributed by atoms with Crippen molar-refractivity contribution in [2.24, 2.45) is 0 Å². The fourth-order valence-electron chi connectivity index (χ4n) is 2.94. The van der Waals surface area contributed by atoms with E-state index in [1.54, 1.807) is 4.90 Å². The molecule has 0 saturated carbocycles. The predicted molar refractivity (Wildman–Crippen MR) is 90.3 cm³/mol. The molecule has 3 rings (SSSR count). The van der Waals surface area contributed by atoms with E-state index in [2.05, 4.69) is 0 Å². The van der Waals surface area contributed by atoms with E-state index in [4.69, 9.17) is 14.1 Å². The molecule has 1 amide bonds. The number of hydrogen-bond acceptors (Lipinski definition) is 5. The second kappa shape index (κ2) is 6.65. The fraction of sp³-hybridized carbons (Fsp3) is 0.588. The van der Waals surface area contributed by atoms with E-state index in [1.807, 2.05) is 39.0 Å². The number of carbonyl (C=O) groups is 1. The lowest BCUT2D eigenvalue weighted by Crippen LogP contribution is -2.44. The van der Waals surface area contributed by atoms with Crippen molar-refractivity contribution in [3.8, 4) is 5.75 Å². The molecule has 6 nitrogen and oxygen atoms in total. The van der Waals surface area contributed by atoms with Crippen LogP contribution in [0.1, 0.15) is 39.2 Å². The zero-order chi connectivity index (χ0) is 17.3. The van der Waals surface area contributed by atoms with Gasteiger partial charge >= 0.3 is 13.2 Å². The molecular weight excluding hydrogens is 309 g/mol. The number of hydrogen-bond donors (Lipinski definition) is 1. The van der Waals surface area contributed by atoms with E-state index in [0.29, 0.717) is 19.7 Å². The molecule has 1 N–H and O–H groups in total. The molecule has 7 heteroatoms. The van der Waals surface area contributed by atoms with Crippen LogP contribution < -0.4 is 10.2 Å². The molecule has 0 aliphatic carbocycles.